The van der Waals surface area contributed by atoms with Crippen LogP contribution in [0.1, 0.15) is 26.3 Å². The average molecular weight is 595 g/mol. The Kier molecular flexibility index (Phi) is 10.4. The molecule has 0 saturated heterocycles. The van der Waals surface area contributed by atoms with Gasteiger partial charge in [0.1, 0.15) is 18.4 Å². The fourth-order valence-corrected chi connectivity index (χ4v) is 5.68. The van der Waals surface area contributed by atoms with E-state index in [2.05, 4.69) is 5.32 Å². The van der Waals surface area contributed by atoms with Gasteiger partial charge in [-0.3, -0.25) is 13.9 Å². The number of carbonyl (C=O) groups is 2. The molecule has 0 aliphatic carbocycles. The van der Waals surface area contributed by atoms with E-state index in [1.165, 1.54) is 4.90 Å². The number of nitrogens with one attached hydrogen (secondary N) is 1. The van der Waals surface area contributed by atoms with Gasteiger partial charge >= 0.3 is 0 Å². The molecule has 0 aliphatic rings. The minimum atomic E-state index is -4.29. The molecule has 0 unspecified atom stereocenters. The third kappa shape index (κ3) is 7.71. The lowest BCUT2D eigenvalue weighted by molar-refractivity contribution is -0.139. The SMILES string of the molecule is CC(C)CNC(=O)[C@@H](C)N(Cc1c(Cl)cccc1Cl)C(=O)CN(c1ccccc1)S(=O)(=O)c1ccc(F)cc1. The van der Waals surface area contributed by atoms with Crippen molar-refractivity contribution in [1.82, 2.24) is 10.2 Å². The molecule has 0 radical (unpaired) electrons. The number of hydrogen-bond donors (Lipinski definition) is 1. The van der Waals surface area contributed by atoms with Crippen molar-refractivity contribution in [2.75, 3.05) is 17.4 Å². The van der Waals surface area contributed by atoms with Crippen LogP contribution in [0.25, 0.3) is 0 Å². The lowest BCUT2D eigenvalue weighted by Gasteiger charge is -2.32. The van der Waals surface area contributed by atoms with Gasteiger partial charge in [-0.25, -0.2) is 12.8 Å². The van der Waals surface area contributed by atoms with Crippen LogP contribution in [-0.2, 0) is 26.2 Å². The van der Waals surface area contributed by atoms with Gasteiger partial charge in [-0.15, -0.1) is 0 Å². The third-order valence-corrected chi connectivity index (χ3v) is 8.46. The Balaban J connectivity index is 2.02. The van der Waals surface area contributed by atoms with Gasteiger partial charge in [0.2, 0.25) is 11.8 Å². The quantitative estimate of drug-likeness (QED) is 0.317. The van der Waals surface area contributed by atoms with E-state index >= 15 is 0 Å². The highest BCUT2D eigenvalue weighted by Crippen LogP contribution is 2.28. The summed E-state index contributed by atoms with van der Waals surface area (Å²) in [7, 11) is -4.29. The maximum Gasteiger partial charge on any atom is 0.264 e. The highest BCUT2D eigenvalue weighted by molar-refractivity contribution is 7.92. The molecule has 11 heteroatoms. The molecular weight excluding hydrogens is 564 g/mol. The number of anilines is 1. The molecule has 0 spiro atoms. The molecule has 2 amide bonds. The molecule has 1 N–H and O–H groups in total. The first-order valence-corrected chi connectivity index (χ1v) is 14.4. The first kappa shape index (κ1) is 30.4. The highest BCUT2D eigenvalue weighted by Gasteiger charge is 2.33. The summed E-state index contributed by atoms with van der Waals surface area (Å²) in [6.45, 7) is 5.07. The predicted molar refractivity (Wildman–Crippen MR) is 152 cm³/mol. The summed E-state index contributed by atoms with van der Waals surface area (Å²) < 4.78 is 41.8. The first-order valence-electron chi connectivity index (χ1n) is 12.2. The van der Waals surface area contributed by atoms with Crippen LogP contribution >= 0.6 is 23.2 Å². The number of nitrogens with zero attached hydrogens (tertiary/aromatic N) is 2. The molecule has 7 nitrogen and oxygen atoms in total. The predicted octanol–water partition coefficient (Wildman–Crippen LogP) is 5.52. The molecule has 0 saturated carbocycles. The molecule has 3 rings (SSSR count). The van der Waals surface area contributed by atoms with Crippen LogP contribution in [0.4, 0.5) is 10.1 Å². The molecule has 39 heavy (non-hydrogen) atoms. The zero-order chi connectivity index (χ0) is 28.7. The second kappa shape index (κ2) is 13.3. The second-order valence-electron chi connectivity index (χ2n) is 9.34. The van der Waals surface area contributed by atoms with Gasteiger partial charge in [0, 0.05) is 28.7 Å². The van der Waals surface area contributed by atoms with Crippen molar-refractivity contribution in [1.29, 1.82) is 0 Å². The van der Waals surface area contributed by atoms with Crippen molar-refractivity contribution in [3.63, 3.8) is 0 Å². The summed E-state index contributed by atoms with van der Waals surface area (Å²) >= 11 is 12.7. The van der Waals surface area contributed by atoms with Crippen LogP contribution in [0.5, 0.6) is 0 Å². The minimum absolute atomic E-state index is 0.132. The lowest BCUT2D eigenvalue weighted by Crippen LogP contribution is -2.51. The first-order chi connectivity index (χ1) is 18.4. The molecule has 3 aromatic carbocycles. The van der Waals surface area contributed by atoms with Gasteiger partial charge in [-0.2, -0.15) is 0 Å². The summed E-state index contributed by atoms with van der Waals surface area (Å²) in [5.74, 6) is -1.49. The Morgan fingerprint density at radius 3 is 2.05 bits per heavy atom. The second-order valence-corrected chi connectivity index (χ2v) is 12.0. The van der Waals surface area contributed by atoms with Crippen molar-refractivity contribution in [3.8, 4) is 0 Å². The molecule has 0 fully saturated rings. The van der Waals surface area contributed by atoms with E-state index < -0.39 is 40.2 Å². The smallest absolute Gasteiger partial charge is 0.264 e. The van der Waals surface area contributed by atoms with E-state index in [-0.39, 0.29) is 23.0 Å². The molecule has 208 valence electrons. The summed E-state index contributed by atoms with van der Waals surface area (Å²) in [5.41, 5.74) is 0.646. The molecule has 0 aliphatic heterocycles. The average Bonchev–Trinajstić information content (AvgIpc) is 2.90. The normalized spacial score (nSPS) is 12.2. The molecule has 1 atom stereocenters. The van der Waals surface area contributed by atoms with Gasteiger partial charge in [-0.1, -0.05) is 61.3 Å². The Morgan fingerprint density at radius 1 is 0.897 bits per heavy atom. The summed E-state index contributed by atoms with van der Waals surface area (Å²) in [4.78, 5) is 27.9. The van der Waals surface area contributed by atoms with Crippen LogP contribution in [0.2, 0.25) is 10.0 Å². The van der Waals surface area contributed by atoms with Gasteiger partial charge in [0.15, 0.2) is 0 Å². The Bertz CT molecular complexity index is 1380. The zero-order valence-corrected chi connectivity index (χ0v) is 24.1. The maximum atomic E-state index is 13.9. The third-order valence-electron chi connectivity index (χ3n) is 5.97. The van der Waals surface area contributed by atoms with E-state index in [0.29, 0.717) is 22.2 Å². The van der Waals surface area contributed by atoms with Crippen LogP contribution in [-0.4, -0.2) is 44.3 Å². The number of para-hydroxylation sites is 1. The number of halogens is 3. The number of carbonyl (C=O) groups excluding carboxylic acids is 2. The van der Waals surface area contributed by atoms with Gasteiger partial charge in [0.25, 0.3) is 10.0 Å². The van der Waals surface area contributed by atoms with Crippen molar-refractivity contribution in [2.45, 2.75) is 38.3 Å². The standard InChI is InChI=1S/C28H30Cl2FN3O4S/c1-19(2)16-32-28(36)20(3)33(17-24-25(29)10-7-11-26(24)30)27(35)18-34(22-8-5-4-6-9-22)39(37,38)23-14-12-21(31)13-15-23/h4-15,19-20H,16-18H2,1-3H3,(H,32,36)/t20-/m1/s1. The molecule has 3 aromatic rings. The van der Waals surface area contributed by atoms with Crippen LogP contribution in [0, 0.1) is 11.7 Å². The Labute approximate surface area is 238 Å². The number of amides is 2. The van der Waals surface area contributed by atoms with Gasteiger partial charge in [0.05, 0.1) is 10.6 Å². The topological polar surface area (TPSA) is 86.8 Å². The maximum absolute atomic E-state index is 13.9. The Hall–Kier alpha value is -3.14. The fourth-order valence-electron chi connectivity index (χ4n) is 3.75. The number of rotatable bonds is 11. The largest absolute Gasteiger partial charge is 0.354 e. The monoisotopic (exact) mass is 593 g/mol. The Morgan fingerprint density at radius 2 is 1.49 bits per heavy atom. The lowest BCUT2D eigenvalue weighted by atomic mass is 10.1. The fraction of sp³-hybridized carbons (Fsp3) is 0.286. The van der Waals surface area contributed by atoms with Crippen molar-refractivity contribution < 1.29 is 22.4 Å². The van der Waals surface area contributed by atoms with Crippen molar-refractivity contribution in [3.05, 3.63) is 94.2 Å². The van der Waals surface area contributed by atoms with Gasteiger partial charge < -0.3 is 10.2 Å². The van der Waals surface area contributed by atoms with Crippen molar-refractivity contribution in [2.24, 2.45) is 5.92 Å². The van der Waals surface area contributed by atoms with E-state index in [0.717, 1.165) is 28.6 Å². The van der Waals surface area contributed by atoms with Crippen LogP contribution in [0.3, 0.4) is 0 Å². The molecule has 0 aromatic heterocycles. The van der Waals surface area contributed by atoms with E-state index in [9.17, 15) is 22.4 Å². The van der Waals surface area contributed by atoms with Gasteiger partial charge in [-0.05, 0) is 61.4 Å². The number of sulfonamides is 1. The highest BCUT2D eigenvalue weighted by atomic mass is 35.5. The summed E-state index contributed by atoms with van der Waals surface area (Å²) in [5, 5.41) is 3.41. The molecular formula is C28H30Cl2FN3O4S. The minimum Gasteiger partial charge on any atom is -0.354 e. The van der Waals surface area contributed by atoms with E-state index in [1.54, 1.807) is 55.5 Å². The molecule has 0 bridgehead atoms. The zero-order valence-electron chi connectivity index (χ0n) is 21.8. The van der Waals surface area contributed by atoms with Crippen LogP contribution in [0.15, 0.2) is 77.7 Å². The number of benzene rings is 3. The van der Waals surface area contributed by atoms with E-state index in [1.807, 2.05) is 13.8 Å². The summed E-state index contributed by atoms with van der Waals surface area (Å²) in [6, 6.07) is 16.3. The summed E-state index contributed by atoms with van der Waals surface area (Å²) in [6.07, 6.45) is 0. The van der Waals surface area contributed by atoms with Crippen LogP contribution < -0.4 is 9.62 Å². The molecule has 0 heterocycles. The van der Waals surface area contributed by atoms with Crippen molar-refractivity contribution >= 4 is 50.7 Å². The number of hydrogen-bond acceptors (Lipinski definition) is 4. The van der Waals surface area contributed by atoms with E-state index in [4.69, 9.17) is 23.2 Å².